The van der Waals surface area contributed by atoms with Crippen molar-refractivity contribution in [1.29, 1.82) is 0 Å². The number of benzene rings is 2. The van der Waals surface area contributed by atoms with E-state index in [1.165, 1.54) is 39.6 Å². The van der Waals surface area contributed by atoms with Crippen molar-refractivity contribution in [2.24, 2.45) is 0 Å². The van der Waals surface area contributed by atoms with Crippen molar-refractivity contribution in [2.45, 2.75) is 51.4 Å². The Kier molecular flexibility index (Phi) is 3.52. The van der Waals surface area contributed by atoms with E-state index >= 15 is 0 Å². The van der Waals surface area contributed by atoms with Crippen molar-refractivity contribution in [3.63, 3.8) is 0 Å². The molecular formula is C20H23Br. The number of rotatable bonds is 1. The van der Waals surface area contributed by atoms with Crippen molar-refractivity contribution in [3.8, 4) is 11.1 Å². The fourth-order valence-corrected chi connectivity index (χ4v) is 4.00. The summed E-state index contributed by atoms with van der Waals surface area (Å²) in [6.07, 6.45) is 2.51. The van der Waals surface area contributed by atoms with Crippen LogP contribution in [0.3, 0.4) is 0 Å². The van der Waals surface area contributed by atoms with E-state index in [1.54, 1.807) is 0 Å². The third kappa shape index (κ3) is 2.57. The molecule has 21 heavy (non-hydrogen) atoms. The summed E-state index contributed by atoms with van der Waals surface area (Å²) in [4.78, 5) is 0. The predicted molar refractivity (Wildman–Crippen MR) is 94.9 cm³/mol. The lowest BCUT2D eigenvalue weighted by Crippen LogP contribution is -2.33. The fraction of sp³-hybridized carbons (Fsp3) is 0.400. The number of fused-ring (bicyclic) bond motifs is 1. The Bertz CT molecular complexity index is 666. The van der Waals surface area contributed by atoms with Gasteiger partial charge in [0.2, 0.25) is 0 Å². The average molecular weight is 343 g/mol. The Morgan fingerprint density at radius 3 is 1.90 bits per heavy atom. The second-order valence-corrected chi connectivity index (χ2v) is 8.37. The highest BCUT2D eigenvalue weighted by Crippen LogP contribution is 2.48. The van der Waals surface area contributed by atoms with Crippen LogP contribution in [0.5, 0.6) is 0 Å². The van der Waals surface area contributed by atoms with Gasteiger partial charge in [-0.1, -0.05) is 74.0 Å². The first kappa shape index (κ1) is 14.8. The van der Waals surface area contributed by atoms with Crippen LogP contribution in [0.2, 0.25) is 0 Å². The van der Waals surface area contributed by atoms with E-state index in [1.807, 2.05) is 0 Å². The predicted octanol–water partition coefficient (Wildman–Crippen LogP) is 6.47. The molecule has 0 saturated carbocycles. The number of halogens is 1. The molecule has 0 bridgehead atoms. The molecule has 0 saturated heterocycles. The lowest BCUT2D eigenvalue weighted by Gasteiger charge is -2.42. The minimum atomic E-state index is 0.259. The summed E-state index contributed by atoms with van der Waals surface area (Å²) in [7, 11) is 0. The first-order valence-electron chi connectivity index (χ1n) is 7.71. The highest BCUT2D eigenvalue weighted by atomic mass is 79.9. The zero-order valence-corrected chi connectivity index (χ0v) is 14.9. The van der Waals surface area contributed by atoms with Crippen molar-refractivity contribution in [2.75, 3.05) is 0 Å². The van der Waals surface area contributed by atoms with Crippen molar-refractivity contribution < 1.29 is 0 Å². The third-order valence-electron chi connectivity index (χ3n) is 5.03. The van der Waals surface area contributed by atoms with Gasteiger partial charge in [0.15, 0.2) is 0 Å². The summed E-state index contributed by atoms with van der Waals surface area (Å²) >= 11 is 3.80. The van der Waals surface area contributed by atoms with Crippen LogP contribution >= 0.6 is 15.9 Å². The Hall–Kier alpha value is -1.08. The quantitative estimate of drug-likeness (QED) is 0.557. The first-order chi connectivity index (χ1) is 9.81. The van der Waals surface area contributed by atoms with Gasteiger partial charge in [-0.05, 0) is 58.1 Å². The molecule has 0 radical (unpaired) electrons. The van der Waals surface area contributed by atoms with Crippen LogP contribution < -0.4 is 0 Å². The highest BCUT2D eigenvalue weighted by Gasteiger charge is 2.37. The van der Waals surface area contributed by atoms with E-state index in [-0.39, 0.29) is 10.8 Å². The van der Waals surface area contributed by atoms with E-state index in [2.05, 4.69) is 86.1 Å². The molecule has 1 aliphatic carbocycles. The summed E-state index contributed by atoms with van der Waals surface area (Å²) in [5.74, 6) is 0. The maximum Gasteiger partial charge on any atom is 0.0256 e. The van der Waals surface area contributed by atoms with Gasteiger partial charge in [-0.2, -0.15) is 0 Å². The normalized spacial score (nSPS) is 19.1. The van der Waals surface area contributed by atoms with Gasteiger partial charge in [-0.15, -0.1) is 0 Å². The molecule has 0 N–H and O–H groups in total. The van der Waals surface area contributed by atoms with Gasteiger partial charge in [0, 0.05) is 4.47 Å². The van der Waals surface area contributed by atoms with Gasteiger partial charge >= 0.3 is 0 Å². The second-order valence-electron chi connectivity index (χ2n) is 7.51. The smallest absolute Gasteiger partial charge is 0.0256 e. The Balaban J connectivity index is 2.24. The molecule has 0 fully saturated rings. The lowest BCUT2D eigenvalue weighted by molar-refractivity contribution is 0.332. The standard InChI is InChI=1S/C20H23Br/c1-19(2)10-11-20(3,4)17-13-18(21)15(12-16(17)19)14-8-6-5-7-9-14/h5-9,12-13H,10-11H2,1-4H3. The molecule has 3 rings (SSSR count). The van der Waals surface area contributed by atoms with Gasteiger partial charge in [0.05, 0.1) is 0 Å². The Morgan fingerprint density at radius 2 is 1.33 bits per heavy atom. The molecular weight excluding hydrogens is 320 g/mol. The molecule has 0 amide bonds. The van der Waals surface area contributed by atoms with E-state index in [9.17, 15) is 0 Å². The van der Waals surface area contributed by atoms with Gasteiger partial charge in [-0.3, -0.25) is 0 Å². The fourth-order valence-electron chi connectivity index (χ4n) is 3.43. The minimum absolute atomic E-state index is 0.259. The summed E-state index contributed by atoms with van der Waals surface area (Å²) in [6.45, 7) is 9.50. The summed E-state index contributed by atoms with van der Waals surface area (Å²) in [5, 5.41) is 0. The molecule has 1 aliphatic rings. The SMILES string of the molecule is CC1(C)CCC(C)(C)c2cc(-c3ccccc3)c(Br)cc21. The van der Waals surface area contributed by atoms with Gasteiger partial charge < -0.3 is 0 Å². The van der Waals surface area contributed by atoms with Crippen molar-refractivity contribution in [1.82, 2.24) is 0 Å². The largest absolute Gasteiger partial charge is 0.0622 e. The van der Waals surface area contributed by atoms with Crippen LogP contribution in [-0.4, -0.2) is 0 Å². The van der Waals surface area contributed by atoms with Crippen LogP contribution in [0.1, 0.15) is 51.7 Å². The van der Waals surface area contributed by atoms with Gasteiger partial charge in [0.25, 0.3) is 0 Å². The van der Waals surface area contributed by atoms with E-state index in [0.29, 0.717) is 0 Å². The van der Waals surface area contributed by atoms with Gasteiger partial charge in [0.1, 0.15) is 0 Å². The Labute approximate surface area is 136 Å². The van der Waals surface area contributed by atoms with E-state index in [0.717, 1.165) is 0 Å². The first-order valence-corrected chi connectivity index (χ1v) is 8.50. The van der Waals surface area contributed by atoms with Crippen LogP contribution in [-0.2, 0) is 10.8 Å². The highest BCUT2D eigenvalue weighted by molar-refractivity contribution is 9.10. The number of hydrogen-bond donors (Lipinski definition) is 0. The second kappa shape index (κ2) is 4.98. The molecule has 2 aromatic carbocycles. The zero-order valence-electron chi connectivity index (χ0n) is 13.3. The van der Waals surface area contributed by atoms with E-state index in [4.69, 9.17) is 0 Å². The maximum atomic E-state index is 3.80. The average Bonchev–Trinajstić information content (AvgIpc) is 2.45. The summed E-state index contributed by atoms with van der Waals surface area (Å²) in [5.41, 5.74) is 6.13. The molecule has 0 nitrogen and oxygen atoms in total. The Morgan fingerprint density at radius 1 is 0.810 bits per heavy atom. The molecule has 110 valence electrons. The van der Waals surface area contributed by atoms with Crippen LogP contribution in [0, 0.1) is 0 Å². The lowest BCUT2D eigenvalue weighted by atomic mass is 9.63. The van der Waals surface area contributed by atoms with Crippen LogP contribution in [0.15, 0.2) is 46.9 Å². The molecule has 0 aliphatic heterocycles. The molecule has 0 atom stereocenters. The maximum absolute atomic E-state index is 3.80. The molecule has 0 spiro atoms. The number of hydrogen-bond acceptors (Lipinski definition) is 0. The summed E-state index contributed by atoms with van der Waals surface area (Å²) < 4.78 is 1.21. The molecule has 1 heteroatoms. The zero-order chi connectivity index (χ0) is 15.3. The molecule has 0 aromatic heterocycles. The van der Waals surface area contributed by atoms with Crippen LogP contribution in [0.25, 0.3) is 11.1 Å². The topological polar surface area (TPSA) is 0 Å². The van der Waals surface area contributed by atoms with Crippen LogP contribution in [0.4, 0.5) is 0 Å². The molecule has 0 heterocycles. The minimum Gasteiger partial charge on any atom is -0.0622 e. The van der Waals surface area contributed by atoms with Gasteiger partial charge in [-0.25, -0.2) is 0 Å². The van der Waals surface area contributed by atoms with Crippen molar-refractivity contribution in [3.05, 3.63) is 58.1 Å². The monoisotopic (exact) mass is 342 g/mol. The summed E-state index contributed by atoms with van der Waals surface area (Å²) in [6, 6.07) is 15.4. The van der Waals surface area contributed by atoms with Crippen molar-refractivity contribution >= 4 is 15.9 Å². The molecule has 0 unspecified atom stereocenters. The van der Waals surface area contributed by atoms with E-state index < -0.39 is 0 Å². The third-order valence-corrected chi connectivity index (χ3v) is 5.68. The molecule has 2 aromatic rings.